The van der Waals surface area contributed by atoms with E-state index in [4.69, 9.17) is 5.11 Å². The number of carboxylic acid groups (broad SMARTS) is 1. The number of halogens is 2. The largest absolute Gasteiger partial charge is 0.478 e. The highest BCUT2D eigenvalue weighted by Crippen LogP contribution is 2.11. The Kier molecular flexibility index (Phi) is 4.37. The number of alkyl halides is 2. The third-order valence-corrected chi connectivity index (χ3v) is 2.14. The fourth-order valence-corrected chi connectivity index (χ4v) is 1.46. The van der Waals surface area contributed by atoms with Crippen LogP contribution < -0.4 is 0 Å². The molecule has 0 radical (unpaired) electrons. The molecular formula is C11H13F2NO2. The zero-order valence-corrected chi connectivity index (χ0v) is 8.86. The Morgan fingerprint density at radius 1 is 1.44 bits per heavy atom. The van der Waals surface area contributed by atoms with Crippen LogP contribution in [0.15, 0.2) is 24.3 Å². The third-order valence-electron chi connectivity index (χ3n) is 2.14. The Bertz CT molecular complexity index is 369. The van der Waals surface area contributed by atoms with Crippen molar-refractivity contribution in [2.75, 3.05) is 13.6 Å². The van der Waals surface area contributed by atoms with Gasteiger partial charge in [-0.1, -0.05) is 18.2 Å². The summed E-state index contributed by atoms with van der Waals surface area (Å²) < 4.78 is 24.2. The lowest BCUT2D eigenvalue weighted by atomic mass is 10.1. The molecule has 0 atom stereocenters. The van der Waals surface area contributed by atoms with Crippen LogP contribution in [0.25, 0.3) is 0 Å². The average molecular weight is 229 g/mol. The minimum absolute atomic E-state index is 0.156. The van der Waals surface area contributed by atoms with Gasteiger partial charge in [0.2, 0.25) is 0 Å². The Morgan fingerprint density at radius 3 is 2.62 bits per heavy atom. The quantitative estimate of drug-likeness (QED) is 0.840. The van der Waals surface area contributed by atoms with E-state index >= 15 is 0 Å². The summed E-state index contributed by atoms with van der Waals surface area (Å²) in [7, 11) is 1.53. The van der Waals surface area contributed by atoms with E-state index in [1.54, 1.807) is 18.2 Å². The lowest BCUT2D eigenvalue weighted by Gasteiger charge is -2.17. The third kappa shape index (κ3) is 3.58. The normalized spacial score (nSPS) is 11.1. The van der Waals surface area contributed by atoms with Crippen LogP contribution in [0, 0.1) is 0 Å². The molecule has 0 amide bonds. The summed E-state index contributed by atoms with van der Waals surface area (Å²) in [6.07, 6.45) is -2.41. The van der Waals surface area contributed by atoms with Crippen LogP contribution in [0.3, 0.4) is 0 Å². The molecule has 1 rings (SSSR count). The maximum atomic E-state index is 12.1. The van der Waals surface area contributed by atoms with Gasteiger partial charge in [-0.15, -0.1) is 0 Å². The molecule has 1 N–H and O–H groups in total. The minimum atomic E-state index is -2.41. The molecule has 0 unspecified atom stereocenters. The summed E-state index contributed by atoms with van der Waals surface area (Å²) in [6, 6.07) is 6.40. The SMILES string of the molecule is CN(Cc1ccccc1C(=O)O)CC(F)F. The lowest BCUT2D eigenvalue weighted by molar-refractivity contribution is 0.0693. The Balaban J connectivity index is 2.76. The van der Waals surface area contributed by atoms with Crippen LogP contribution in [0.2, 0.25) is 0 Å². The average Bonchev–Trinajstić information content (AvgIpc) is 2.16. The van der Waals surface area contributed by atoms with Gasteiger partial charge in [-0.2, -0.15) is 0 Å². The number of hydrogen-bond acceptors (Lipinski definition) is 2. The molecule has 3 nitrogen and oxygen atoms in total. The molecule has 0 fully saturated rings. The van der Waals surface area contributed by atoms with Crippen molar-refractivity contribution in [3.8, 4) is 0 Å². The van der Waals surface area contributed by atoms with Gasteiger partial charge in [0.15, 0.2) is 0 Å². The molecular weight excluding hydrogens is 216 g/mol. The molecule has 0 aliphatic rings. The molecule has 0 saturated heterocycles. The van der Waals surface area contributed by atoms with Crippen LogP contribution in [0.5, 0.6) is 0 Å². The zero-order valence-electron chi connectivity index (χ0n) is 8.86. The van der Waals surface area contributed by atoms with Crippen molar-refractivity contribution in [3.63, 3.8) is 0 Å². The number of aromatic carboxylic acids is 1. The summed E-state index contributed by atoms with van der Waals surface area (Å²) >= 11 is 0. The molecule has 0 saturated carbocycles. The predicted octanol–water partition coefficient (Wildman–Crippen LogP) is 2.08. The van der Waals surface area contributed by atoms with E-state index < -0.39 is 12.4 Å². The predicted molar refractivity (Wildman–Crippen MR) is 55.7 cm³/mol. The van der Waals surface area contributed by atoms with E-state index in [1.165, 1.54) is 18.0 Å². The van der Waals surface area contributed by atoms with Crippen LogP contribution in [0.4, 0.5) is 8.78 Å². The maximum absolute atomic E-state index is 12.1. The van der Waals surface area contributed by atoms with Crippen LogP contribution in [0.1, 0.15) is 15.9 Å². The molecule has 0 aromatic heterocycles. The van der Waals surface area contributed by atoms with Crippen molar-refractivity contribution >= 4 is 5.97 Å². The van der Waals surface area contributed by atoms with Gasteiger partial charge in [0.1, 0.15) is 0 Å². The molecule has 1 aromatic carbocycles. The Labute approximate surface area is 92.3 Å². The standard InChI is InChI=1S/C11H13F2NO2/c1-14(7-10(12)13)6-8-4-2-3-5-9(8)11(15)16/h2-5,10H,6-7H2,1H3,(H,15,16). The van der Waals surface area contributed by atoms with Gasteiger partial charge >= 0.3 is 5.97 Å². The number of benzene rings is 1. The van der Waals surface area contributed by atoms with Gasteiger partial charge in [0.05, 0.1) is 12.1 Å². The summed E-state index contributed by atoms with van der Waals surface area (Å²) in [6.45, 7) is -0.166. The smallest absolute Gasteiger partial charge is 0.336 e. The van der Waals surface area contributed by atoms with Gasteiger partial charge < -0.3 is 5.11 Å². The van der Waals surface area contributed by atoms with Gasteiger partial charge in [-0.25, -0.2) is 13.6 Å². The zero-order chi connectivity index (χ0) is 12.1. The highest BCUT2D eigenvalue weighted by Gasteiger charge is 2.13. The van der Waals surface area contributed by atoms with Crippen LogP contribution in [-0.4, -0.2) is 36.0 Å². The lowest BCUT2D eigenvalue weighted by Crippen LogP contribution is -2.25. The Morgan fingerprint density at radius 2 is 2.06 bits per heavy atom. The van der Waals surface area contributed by atoms with Crippen molar-refractivity contribution in [1.29, 1.82) is 0 Å². The molecule has 1 aromatic rings. The van der Waals surface area contributed by atoms with Crippen molar-refractivity contribution in [3.05, 3.63) is 35.4 Å². The number of hydrogen-bond donors (Lipinski definition) is 1. The number of nitrogens with zero attached hydrogens (tertiary/aromatic N) is 1. The minimum Gasteiger partial charge on any atom is -0.478 e. The number of carboxylic acids is 1. The van der Waals surface area contributed by atoms with Gasteiger partial charge in [-0.05, 0) is 18.7 Å². The van der Waals surface area contributed by atoms with E-state index in [0.717, 1.165) is 0 Å². The van der Waals surface area contributed by atoms with E-state index in [0.29, 0.717) is 5.56 Å². The number of rotatable bonds is 5. The molecule has 5 heteroatoms. The first kappa shape index (κ1) is 12.6. The molecule has 0 spiro atoms. The molecule has 0 bridgehead atoms. The van der Waals surface area contributed by atoms with Crippen molar-refractivity contribution in [2.24, 2.45) is 0 Å². The maximum Gasteiger partial charge on any atom is 0.336 e. The van der Waals surface area contributed by atoms with E-state index in [2.05, 4.69) is 0 Å². The van der Waals surface area contributed by atoms with Crippen LogP contribution >= 0.6 is 0 Å². The molecule has 0 heterocycles. The highest BCUT2D eigenvalue weighted by molar-refractivity contribution is 5.89. The summed E-state index contributed by atoms with van der Waals surface area (Å²) in [4.78, 5) is 12.3. The first-order chi connectivity index (χ1) is 7.50. The monoisotopic (exact) mass is 229 g/mol. The van der Waals surface area contributed by atoms with E-state index in [-0.39, 0.29) is 18.7 Å². The van der Waals surface area contributed by atoms with Crippen molar-refractivity contribution in [2.45, 2.75) is 13.0 Å². The summed E-state index contributed by atoms with van der Waals surface area (Å²) in [5.74, 6) is -1.04. The van der Waals surface area contributed by atoms with Gasteiger partial charge in [-0.3, -0.25) is 4.90 Å². The van der Waals surface area contributed by atoms with E-state index in [1.807, 2.05) is 0 Å². The first-order valence-electron chi connectivity index (χ1n) is 4.78. The molecule has 0 aliphatic heterocycles. The highest BCUT2D eigenvalue weighted by atomic mass is 19.3. The second-order valence-corrected chi connectivity index (χ2v) is 3.55. The Hall–Kier alpha value is -1.49. The molecule has 0 aliphatic carbocycles. The van der Waals surface area contributed by atoms with Crippen molar-refractivity contribution in [1.82, 2.24) is 4.90 Å². The van der Waals surface area contributed by atoms with Gasteiger partial charge in [0.25, 0.3) is 6.43 Å². The van der Waals surface area contributed by atoms with Gasteiger partial charge in [0, 0.05) is 6.54 Å². The summed E-state index contributed by atoms with van der Waals surface area (Å²) in [5, 5.41) is 8.89. The van der Waals surface area contributed by atoms with E-state index in [9.17, 15) is 13.6 Å². The molecule has 88 valence electrons. The topological polar surface area (TPSA) is 40.5 Å². The fourth-order valence-electron chi connectivity index (χ4n) is 1.46. The van der Waals surface area contributed by atoms with Crippen molar-refractivity contribution < 1.29 is 18.7 Å². The first-order valence-corrected chi connectivity index (χ1v) is 4.78. The number of carbonyl (C=O) groups is 1. The summed E-state index contributed by atoms with van der Waals surface area (Å²) in [5.41, 5.74) is 0.696. The fraction of sp³-hybridized carbons (Fsp3) is 0.364. The molecule has 16 heavy (non-hydrogen) atoms. The second-order valence-electron chi connectivity index (χ2n) is 3.55. The van der Waals surface area contributed by atoms with Crippen LogP contribution in [-0.2, 0) is 6.54 Å². The second kappa shape index (κ2) is 5.55.